The van der Waals surface area contributed by atoms with E-state index in [0.717, 1.165) is 30.5 Å². The average Bonchev–Trinajstić information content (AvgIpc) is 3.43. The molecule has 0 atom stereocenters. The van der Waals surface area contributed by atoms with E-state index >= 15 is 0 Å². The van der Waals surface area contributed by atoms with Gasteiger partial charge < -0.3 is 10.6 Å². The molecular weight excluding hydrogens is 464 g/mol. The number of halogens is 4. The molecule has 2 aromatic heterocycles. The zero-order valence-electron chi connectivity index (χ0n) is 19.3. The Balaban J connectivity index is 1.56. The van der Waals surface area contributed by atoms with Crippen molar-refractivity contribution < 1.29 is 22.4 Å². The van der Waals surface area contributed by atoms with Gasteiger partial charge in [-0.05, 0) is 39.2 Å². The predicted octanol–water partition coefficient (Wildman–Crippen LogP) is 4.61. The minimum Gasteiger partial charge on any atom is -0.369 e. The number of benzene rings is 1. The van der Waals surface area contributed by atoms with Crippen molar-refractivity contribution in [3.8, 4) is 11.5 Å². The van der Waals surface area contributed by atoms with Crippen LogP contribution in [0.15, 0.2) is 24.3 Å². The van der Waals surface area contributed by atoms with Crippen LogP contribution < -0.4 is 10.6 Å². The maximum atomic E-state index is 14.3. The van der Waals surface area contributed by atoms with Crippen molar-refractivity contribution >= 4 is 17.5 Å². The first-order valence-corrected chi connectivity index (χ1v) is 11.4. The van der Waals surface area contributed by atoms with E-state index in [4.69, 9.17) is 0 Å². The highest BCUT2D eigenvalue weighted by Gasteiger charge is 2.43. The number of amides is 1. The van der Waals surface area contributed by atoms with Crippen molar-refractivity contribution in [2.45, 2.75) is 57.7 Å². The van der Waals surface area contributed by atoms with Crippen LogP contribution in [0.3, 0.4) is 0 Å². The molecule has 1 aliphatic carbocycles. The third-order valence-electron chi connectivity index (χ3n) is 6.53. The molecule has 184 valence electrons. The Morgan fingerprint density at radius 3 is 2.69 bits per heavy atom. The molecule has 0 bridgehead atoms. The minimum absolute atomic E-state index is 0.174. The molecule has 3 heterocycles. The van der Waals surface area contributed by atoms with E-state index in [1.165, 1.54) is 6.07 Å². The van der Waals surface area contributed by atoms with Crippen LogP contribution in [0, 0.1) is 5.82 Å². The summed E-state index contributed by atoms with van der Waals surface area (Å²) < 4.78 is 54.3. The first-order valence-electron chi connectivity index (χ1n) is 11.4. The molecule has 1 aliphatic heterocycles. The zero-order valence-corrected chi connectivity index (χ0v) is 19.3. The Kier molecular flexibility index (Phi) is 5.52. The van der Waals surface area contributed by atoms with Crippen molar-refractivity contribution in [3.05, 3.63) is 52.5 Å². The van der Waals surface area contributed by atoms with Gasteiger partial charge in [0.25, 0.3) is 0 Å². The molecule has 0 unspecified atom stereocenters. The molecule has 35 heavy (non-hydrogen) atoms. The summed E-state index contributed by atoms with van der Waals surface area (Å²) in [7, 11) is 0. The number of hydrogen-bond acceptors (Lipinski definition) is 5. The molecule has 2 aliphatic rings. The first-order chi connectivity index (χ1) is 16.5. The first kappa shape index (κ1) is 23.3. The largest absolute Gasteiger partial charge is 0.390 e. The lowest BCUT2D eigenvalue weighted by molar-refractivity contribution is -0.131. The monoisotopic (exact) mass is 488 g/mol. The maximum absolute atomic E-state index is 14.3. The number of aromatic nitrogens is 4. The van der Waals surface area contributed by atoms with Crippen LogP contribution in [0.5, 0.6) is 0 Å². The normalized spacial score (nSPS) is 16.2. The van der Waals surface area contributed by atoms with Gasteiger partial charge in [0, 0.05) is 23.4 Å². The van der Waals surface area contributed by atoms with Crippen LogP contribution in [0.1, 0.15) is 49.1 Å². The summed E-state index contributed by atoms with van der Waals surface area (Å²) in [6, 6.07) is 6.48. The third kappa shape index (κ3) is 4.23. The molecule has 0 saturated heterocycles. The molecule has 1 amide bonds. The van der Waals surface area contributed by atoms with E-state index in [2.05, 4.69) is 25.7 Å². The van der Waals surface area contributed by atoms with Crippen molar-refractivity contribution in [3.63, 3.8) is 0 Å². The van der Waals surface area contributed by atoms with Crippen LogP contribution in [-0.4, -0.2) is 38.4 Å². The van der Waals surface area contributed by atoms with Gasteiger partial charge in [-0.25, -0.2) is 14.4 Å². The summed E-state index contributed by atoms with van der Waals surface area (Å²) in [5.74, 6) is 0.00362. The van der Waals surface area contributed by atoms with Crippen LogP contribution in [-0.2, 0) is 29.6 Å². The highest BCUT2D eigenvalue weighted by atomic mass is 19.4. The lowest BCUT2D eigenvalue weighted by Crippen LogP contribution is -2.28. The van der Waals surface area contributed by atoms with Crippen molar-refractivity contribution in [1.29, 1.82) is 0 Å². The molecule has 3 aromatic rings. The van der Waals surface area contributed by atoms with E-state index < -0.39 is 24.6 Å². The smallest absolute Gasteiger partial charge is 0.369 e. The van der Waals surface area contributed by atoms with Crippen LogP contribution in [0.4, 0.5) is 29.2 Å². The number of hydrogen-bond donors (Lipinski definition) is 2. The van der Waals surface area contributed by atoms with Gasteiger partial charge in [-0.1, -0.05) is 18.2 Å². The van der Waals surface area contributed by atoms with Gasteiger partial charge in [-0.3, -0.25) is 9.48 Å². The lowest BCUT2D eigenvalue weighted by atomic mass is 9.87. The lowest BCUT2D eigenvalue weighted by Gasteiger charge is -2.19. The standard InChI is InChI=1S/C24H24F4N6O/c1-23(2)17-19(29-11-10-24(26,27)28)30-21(31-20(17)32-22(23)35)18-14-7-5-9-16(14)34(33-18)12-13-6-3-4-8-15(13)25/h3-4,6,8H,5,7,9-12H2,1-2H3,(H2,29,30,31,32,35). The van der Waals surface area contributed by atoms with Crippen LogP contribution in [0.2, 0.25) is 0 Å². The number of nitrogens with one attached hydrogen (secondary N) is 2. The Hall–Kier alpha value is -3.50. The Bertz CT molecular complexity index is 1310. The minimum atomic E-state index is -4.33. The summed E-state index contributed by atoms with van der Waals surface area (Å²) >= 11 is 0. The fourth-order valence-corrected chi connectivity index (χ4v) is 4.68. The third-order valence-corrected chi connectivity index (χ3v) is 6.53. The Morgan fingerprint density at radius 1 is 1.17 bits per heavy atom. The van der Waals surface area contributed by atoms with Crippen molar-refractivity contribution in [2.24, 2.45) is 0 Å². The molecule has 0 spiro atoms. The second kappa shape index (κ2) is 8.31. The summed E-state index contributed by atoms with van der Waals surface area (Å²) in [5.41, 5.74) is 2.30. The topological polar surface area (TPSA) is 84.7 Å². The zero-order chi connectivity index (χ0) is 25.0. The molecule has 0 radical (unpaired) electrons. The summed E-state index contributed by atoms with van der Waals surface area (Å²) in [5, 5.41) is 10.2. The second-order valence-electron chi connectivity index (χ2n) is 9.37. The number of rotatable bonds is 6. The van der Waals surface area contributed by atoms with Gasteiger partial charge in [0.2, 0.25) is 5.91 Å². The fraction of sp³-hybridized carbons (Fsp3) is 0.417. The van der Waals surface area contributed by atoms with E-state index in [-0.39, 0.29) is 35.7 Å². The quantitative estimate of drug-likeness (QED) is 0.495. The van der Waals surface area contributed by atoms with Crippen LogP contribution >= 0.6 is 0 Å². The SMILES string of the molecule is CC1(C)C(=O)Nc2nc(-c3nn(Cc4ccccc4F)c4c3CCC4)nc(NCCC(F)(F)F)c21. The summed E-state index contributed by atoms with van der Waals surface area (Å²) in [6.07, 6.45) is -2.99. The van der Waals surface area contributed by atoms with Crippen LogP contribution in [0.25, 0.3) is 11.5 Å². The Morgan fingerprint density at radius 2 is 1.94 bits per heavy atom. The molecule has 2 N–H and O–H groups in total. The molecule has 0 fully saturated rings. The number of carbonyl (C=O) groups excluding carboxylic acids is 1. The molecule has 7 nitrogen and oxygen atoms in total. The number of alkyl halides is 3. The Labute approximate surface area is 199 Å². The molecule has 0 saturated carbocycles. The van der Waals surface area contributed by atoms with Gasteiger partial charge >= 0.3 is 6.18 Å². The second-order valence-corrected chi connectivity index (χ2v) is 9.37. The van der Waals surface area contributed by atoms with Gasteiger partial charge in [-0.15, -0.1) is 0 Å². The van der Waals surface area contributed by atoms with Gasteiger partial charge in [-0.2, -0.15) is 18.3 Å². The van der Waals surface area contributed by atoms with E-state index in [1.54, 1.807) is 36.7 Å². The molecule has 11 heteroatoms. The number of anilines is 2. The van der Waals surface area contributed by atoms with E-state index in [0.29, 0.717) is 16.8 Å². The fourth-order valence-electron chi connectivity index (χ4n) is 4.68. The molecule has 5 rings (SSSR count). The highest BCUT2D eigenvalue weighted by molar-refractivity contribution is 6.06. The predicted molar refractivity (Wildman–Crippen MR) is 122 cm³/mol. The number of nitrogens with zero attached hydrogens (tertiary/aromatic N) is 4. The average molecular weight is 488 g/mol. The van der Waals surface area contributed by atoms with E-state index in [9.17, 15) is 22.4 Å². The number of fused-ring (bicyclic) bond motifs is 2. The highest BCUT2D eigenvalue weighted by Crippen LogP contribution is 2.42. The summed E-state index contributed by atoms with van der Waals surface area (Å²) in [6.45, 7) is 3.19. The van der Waals surface area contributed by atoms with E-state index in [1.807, 2.05) is 0 Å². The maximum Gasteiger partial charge on any atom is 0.390 e. The van der Waals surface area contributed by atoms with Gasteiger partial charge in [0.15, 0.2) is 5.82 Å². The van der Waals surface area contributed by atoms with Gasteiger partial charge in [0.1, 0.15) is 23.1 Å². The number of carbonyl (C=O) groups is 1. The summed E-state index contributed by atoms with van der Waals surface area (Å²) in [4.78, 5) is 21.7. The molecular formula is C24H24F4N6O. The van der Waals surface area contributed by atoms with Crippen molar-refractivity contribution in [1.82, 2.24) is 19.7 Å². The van der Waals surface area contributed by atoms with Crippen molar-refractivity contribution in [2.75, 3.05) is 17.2 Å². The van der Waals surface area contributed by atoms with Gasteiger partial charge in [0.05, 0.1) is 23.9 Å². The molecule has 1 aromatic carbocycles.